The minimum atomic E-state index is 0.282. The summed E-state index contributed by atoms with van der Waals surface area (Å²) in [7, 11) is 0. The van der Waals surface area contributed by atoms with Crippen molar-refractivity contribution < 1.29 is 5.11 Å². The Balaban J connectivity index is 1.66. The molecule has 0 aliphatic heterocycles. The number of hydrogen-bond acceptors (Lipinski definition) is 1. The van der Waals surface area contributed by atoms with E-state index in [1.807, 2.05) is 0 Å². The number of fused-ring (bicyclic) bond motifs is 1. The standard InChI is InChI=1S/C15H26O/c1-13(2)10(6-12-8-15(12,13)4)5-11-7-14(11,3)9-16/h10-12,16H,5-9H2,1-4H3/t10-,11-,12+,14+,15-/m1/s1. The molecule has 0 radical (unpaired) electrons. The largest absolute Gasteiger partial charge is 0.396 e. The van der Waals surface area contributed by atoms with Gasteiger partial charge in [0.2, 0.25) is 0 Å². The molecule has 0 amide bonds. The fourth-order valence-electron chi connectivity index (χ4n) is 4.49. The summed E-state index contributed by atoms with van der Waals surface area (Å²) in [6, 6.07) is 0. The van der Waals surface area contributed by atoms with Crippen LogP contribution in [0, 0.1) is 34.0 Å². The molecule has 1 nitrogen and oxygen atoms in total. The smallest absolute Gasteiger partial charge is 0.0487 e. The van der Waals surface area contributed by atoms with Gasteiger partial charge in [0.1, 0.15) is 0 Å². The molecule has 92 valence electrons. The van der Waals surface area contributed by atoms with Crippen LogP contribution >= 0.6 is 0 Å². The first-order chi connectivity index (χ1) is 7.33. The lowest BCUT2D eigenvalue weighted by Crippen LogP contribution is -2.28. The molecule has 16 heavy (non-hydrogen) atoms. The summed E-state index contributed by atoms with van der Waals surface area (Å²) in [5, 5.41) is 9.35. The number of aliphatic hydroxyl groups is 1. The highest BCUT2D eigenvalue weighted by molar-refractivity contribution is 5.16. The van der Waals surface area contributed by atoms with Gasteiger partial charge < -0.3 is 5.11 Å². The lowest BCUT2D eigenvalue weighted by Gasteiger charge is -2.36. The van der Waals surface area contributed by atoms with Gasteiger partial charge in [-0.1, -0.05) is 27.7 Å². The SMILES string of the molecule is CC1(C)[C@H](C[C@@H]2C[C@@]2(C)CO)C[C@H]2C[C@]21C. The van der Waals surface area contributed by atoms with Crippen LogP contribution in [0.4, 0.5) is 0 Å². The molecule has 3 saturated carbocycles. The van der Waals surface area contributed by atoms with Gasteiger partial charge in [-0.15, -0.1) is 0 Å². The van der Waals surface area contributed by atoms with Gasteiger partial charge in [0, 0.05) is 6.61 Å². The molecule has 1 N–H and O–H groups in total. The Kier molecular flexibility index (Phi) is 1.98. The van der Waals surface area contributed by atoms with E-state index in [0.717, 1.165) is 17.8 Å². The zero-order valence-electron chi connectivity index (χ0n) is 11.2. The highest BCUT2D eigenvalue weighted by Gasteiger charge is 2.68. The van der Waals surface area contributed by atoms with Gasteiger partial charge in [0.05, 0.1) is 0 Å². The normalized spacial score (nSPS) is 57.2. The summed E-state index contributed by atoms with van der Waals surface area (Å²) in [6.07, 6.45) is 5.56. The predicted octanol–water partition coefficient (Wildman–Crippen LogP) is 3.47. The molecule has 0 aromatic rings. The van der Waals surface area contributed by atoms with E-state index in [1.165, 1.54) is 25.7 Å². The van der Waals surface area contributed by atoms with Gasteiger partial charge in [-0.05, 0) is 59.7 Å². The van der Waals surface area contributed by atoms with Crippen molar-refractivity contribution in [3.05, 3.63) is 0 Å². The topological polar surface area (TPSA) is 20.2 Å². The van der Waals surface area contributed by atoms with Crippen LogP contribution in [-0.4, -0.2) is 11.7 Å². The summed E-state index contributed by atoms with van der Waals surface area (Å²) >= 11 is 0. The molecule has 0 heterocycles. The quantitative estimate of drug-likeness (QED) is 0.775. The maximum absolute atomic E-state index is 9.35. The first kappa shape index (κ1) is 11.1. The van der Waals surface area contributed by atoms with Crippen molar-refractivity contribution in [2.45, 2.75) is 53.4 Å². The van der Waals surface area contributed by atoms with E-state index in [2.05, 4.69) is 27.7 Å². The Morgan fingerprint density at radius 2 is 1.75 bits per heavy atom. The highest BCUT2D eigenvalue weighted by Crippen LogP contribution is 2.75. The molecular weight excluding hydrogens is 196 g/mol. The van der Waals surface area contributed by atoms with Gasteiger partial charge in [-0.2, -0.15) is 0 Å². The number of rotatable bonds is 3. The van der Waals surface area contributed by atoms with Crippen molar-refractivity contribution in [1.29, 1.82) is 0 Å². The molecule has 3 aliphatic carbocycles. The van der Waals surface area contributed by atoms with E-state index in [4.69, 9.17) is 0 Å². The summed E-state index contributed by atoms with van der Waals surface area (Å²) in [6.45, 7) is 10.1. The molecule has 3 rings (SSSR count). The molecule has 0 aromatic carbocycles. The van der Waals surface area contributed by atoms with E-state index in [0.29, 0.717) is 17.4 Å². The van der Waals surface area contributed by atoms with Crippen LogP contribution in [0.1, 0.15) is 53.4 Å². The number of hydrogen-bond donors (Lipinski definition) is 1. The van der Waals surface area contributed by atoms with Crippen LogP contribution in [0.15, 0.2) is 0 Å². The number of aliphatic hydroxyl groups excluding tert-OH is 1. The van der Waals surface area contributed by atoms with Crippen molar-refractivity contribution in [3.8, 4) is 0 Å². The van der Waals surface area contributed by atoms with Gasteiger partial charge in [0.15, 0.2) is 0 Å². The fourth-order valence-corrected chi connectivity index (χ4v) is 4.49. The summed E-state index contributed by atoms with van der Waals surface area (Å²) < 4.78 is 0. The average molecular weight is 222 g/mol. The molecule has 5 atom stereocenters. The zero-order chi connectivity index (χ0) is 11.8. The van der Waals surface area contributed by atoms with Gasteiger partial charge in [0.25, 0.3) is 0 Å². The fraction of sp³-hybridized carbons (Fsp3) is 1.00. The van der Waals surface area contributed by atoms with Crippen LogP contribution in [0.2, 0.25) is 0 Å². The second-order valence-electron chi connectivity index (χ2n) is 7.92. The minimum absolute atomic E-state index is 0.282. The van der Waals surface area contributed by atoms with Crippen LogP contribution < -0.4 is 0 Å². The van der Waals surface area contributed by atoms with Crippen molar-refractivity contribution in [2.24, 2.45) is 34.0 Å². The van der Waals surface area contributed by atoms with Gasteiger partial charge >= 0.3 is 0 Å². The molecule has 3 fully saturated rings. The van der Waals surface area contributed by atoms with Crippen molar-refractivity contribution in [3.63, 3.8) is 0 Å². The molecule has 0 bridgehead atoms. The first-order valence-electron chi connectivity index (χ1n) is 6.94. The molecule has 0 saturated heterocycles. The molecule has 3 aliphatic rings. The second-order valence-corrected chi connectivity index (χ2v) is 7.92. The van der Waals surface area contributed by atoms with Gasteiger partial charge in [-0.3, -0.25) is 0 Å². The van der Waals surface area contributed by atoms with Crippen LogP contribution in [0.3, 0.4) is 0 Å². The average Bonchev–Trinajstić information content (AvgIpc) is 3.03. The van der Waals surface area contributed by atoms with Crippen LogP contribution in [-0.2, 0) is 0 Å². The Labute approximate surface area is 99.6 Å². The van der Waals surface area contributed by atoms with E-state index in [9.17, 15) is 5.11 Å². The van der Waals surface area contributed by atoms with Gasteiger partial charge in [-0.25, -0.2) is 0 Å². The van der Waals surface area contributed by atoms with E-state index in [-0.39, 0.29) is 5.41 Å². The van der Waals surface area contributed by atoms with E-state index in [1.54, 1.807) is 0 Å². The summed E-state index contributed by atoms with van der Waals surface area (Å²) in [5.74, 6) is 2.74. The molecular formula is C15H26O. The Bertz CT molecular complexity index is 321. The van der Waals surface area contributed by atoms with E-state index >= 15 is 0 Å². The third-order valence-corrected chi connectivity index (χ3v) is 6.94. The molecule has 1 heteroatoms. The Hall–Kier alpha value is -0.0400. The summed E-state index contributed by atoms with van der Waals surface area (Å²) in [5.41, 5.74) is 1.47. The predicted molar refractivity (Wildman–Crippen MR) is 66.0 cm³/mol. The van der Waals surface area contributed by atoms with Crippen molar-refractivity contribution >= 4 is 0 Å². The maximum Gasteiger partial charge on any atom is 0.0487 e. The molecule has 0 unspecified atom stereocenters. The third kappa shape index (κ3) is 1.21. The van der Waals surface area contributed by atoms with Crippen LogP contribution in [0.5, 0.6) is 0 Å². The first-order valence-corrected chi connectivity index (χ1v) is 6.94. The maximum atomic E-state index is 9.35. The third-order valence-electron chi connectivity index (χ3n) is 6.94. The lowest BCUT2D eigenvalue weighted by atomic mass is 9.69. The molecule has 0 aromatic heterocycles. The van der Waals surface area contributed by atoms with Crippen LogP contribution in [0.25, 0.3) is 0 Å². The minimum Gasteiger partial charge on any atom is -0.396 e. The Morgan fingerprint density at radius 1 is 1.06 bits per heavy atom. The summed E-state index contributed by atoms with van der Waals surface area (Å²) in [4.78, 5) is 0. The Morgan fingerprint density at radius 3 is 2.19 bits per heavy atom. The molecule has 0 spiro atoms. The monoisotopic (exact) mass is 222 g/mol. The highest BCUT2D eigenvalue weighted by atomic mass is 16.3. The van der Waals surface area contributed by atoms with Crippen molar-refractivity contribution in [2.75, 3.05) is 6.61 Å². The second kappa shape index (κ2) is 2.85. The zero-order valence-corrected chi connectivity index (χ0v) is 11.2. The lowest BCUT2D eigenvalue weighted by molar-refractivity contribution is 0.126. The van der Waals surface area contributed by atoms with E-state index < -0.39 is 0 Å². The van der Waals surface area contributed by atoms with Crippen molar-refractivity contribution in [1.82, 2.24) is 0 Å².